The van der Waals surface area contributed by atoms with Crippen molar-refractivity contribution in [1.29, 1.82) is 10.5 Å². The molecule has 2 aromatic carbocycles. The van der Waals surface area contributed by atoms with E-state index in [9.17, 15) is 14.9 Å². The first-order chi connectivity index (χ1) is 11.1. The standard InChI is InChI=1S/C20H17FN2/c1-2-6-19(17-7-4-3-5-8-17)20(14-22,15-23)13-16-9-11-18(21)12-10-16/h2-5,7-12,19H,1,6,13H2. The van der Waals surface area contributed by atoms with Crippen LogP contribution in [0.1, 0.15) is 23.5 Å². The van der Waals surface area contributed by atoms with Gasteiger partial charge in [0.1, 0.15) is 5.82 Å². The van der Waals surface area contributed by atoms with Gasteiger partial charge in [-0.25, -0.2) is 4.39 Å². The first-order valence-electron chi connectivity index (χ1n) is 7.38. The summed E-state index contributed by atoms with van der Waals surface area (Å²) in [6.45, 7) is 3.76. The maximum atomic E-state index is 13.1. The molecule has 2 nitrogen and oxygen atoms in total. The highest BCUT2D eigenvalue weighted by Crippen LogP contribution is 2.41. The highest BCUT2D eigenvalue weighted by Gasteiger charge is 2.40. The van der Waals surface area contributed by atoms with Gasteiger partial charge in [-0.2, -0.15) is 10.5 Å². The molecule has 1 unspecified atom stereocenters. The molecule has 2 rings (SSSR count). The lowest BCUT2D eigenvalue weighted by Gasteiger charge is -2.29. The summed E-state index contributed by atoms with van der Waals surface area (Å²) in [4.78, 5) is 0. The van der Waals surface area contributed by atoms with E-state index < -0.39 is 5.41 Å². The lowest BCUT2D eigenvalue weighted by molar-refractivity contribution is 0.408. The first kappa shape index (κ1) is 16.5. The van der Waals surface area contributed by atoms with Crippen molar-refractivity contribution in [1.82, 2.24) is 0 Å². The number of hydrogen-bond donors (Lipinski definition) is 0. The topological polar surface area (TPSA) is 47.6 Å². The molecule has 0 radical (unpaired) electrons. The van der Waals surface area contributed by atoms with E-state index in [1.165, 1.54) is 12.1 Å². The molecule has 114 valence electrons. The Morgan fingerprint density at radius 2 is 1.65 bits per heavy atom. The fourth-order valence-corrected chi connectivity index (χ4v) is 2.78. The van der Waals surface area contributed by atoms with Gasteiger partial charge in [-0.05, 0) is 29.7 Å². The number of allylic oxidation sites excluding steroid dienone is 1. The Morgan fingerprint density at radius 1 is 1.04 bits per heavy atom. The molecule has 0 bridgehead atoms. The summed E-state index contributed by atoms with van der Waals surface area (Å²) >= 11 is 0. The van der Waals surface area contributed by atoms with Crippen molar-refractivity contribution in [3.05, 3.63) is 84.2 Å². The van der Waals surface area contributed by atoms with E-state index >= 15 is 0 Å². The second kappa shape index (κ2) is 7.38. The normalized spacial score (nSPS) is 12.0. The summed E-state index contributed by atoms with van der Waals surface area (Å²) in [5.41, 5.74) is 0.463. The van der Waals surface area contributed by atoms with Crippen molar-refractivity contribution in [3.63, 3.8) is 0 Å². The van der Waals surface area contributed by atoms with Gasteiger partial charge >= 0.3 is 0 Å². The maximum absolute atomic E-state index is 13.1. The number of nitrogens with zero attached hydrogens (tertiary/aromatic N) is 2. The molecule has 0 heterocycles. The van der Waals surface area contributed by atoms with Crippen LogP contribution in [0, 0.1) is 33.9 Å². The minimum atomic E-state index is -1.23. The van der Waals surface area contributed by atoms with E-state index in [4.69, 9.17) is 0 Å². The Kier molecular flexibility index (Phi) is 5.28. The summed E-state index contributed by atoms with van der Waals surface area (Å²) in [5, 5.41) is 19.5. The monoisotopic (exact) mass is 304 g/mol. The molecule has 0 spiro atoms. The van der Waals surface area contributed by atoms with Crippen LogP contribution in [0.15, 0.2) is 67.3 Å². The molecule has 1 atom stereocenters. The summed E-state index contributed by atoms with van der Waals surface area (Å²) in [6.07, 6.45) is 2.49. The zero-order valence-electron chi connectivity index (χ0n) is 12.7. The predicted molar refractivity (Wildman–Crippen MR) is 87.8 cm³/mol. The van der Waals surface area contributed by atoms with Crippen LogP contribution in [0.25, 0.3) is 0 Å². The molecular weight excluding hydrogens is 287 g/mol. The largest absolute Gasteiger partial charge is 0.207 e. The summed E-state index contributed by atoms with van der Waals surface area (Å²) < 4.78 is 13.1. The van der Waals surface area contributed by atoms with Crippen molar-refractivity contribution in [2.75, 3.05) is 0 Å². The van der Waals surface area contributed by atoms with Gasteiger partial charge in [0.2, 0.25) is 0 Å². The summed E-state index contributed by atoms with van der Waals surface area (Å²) in [7, 11) is 0. The van der Waals surface area contributed by atoms with E-state index in [1.54, 1.807) is 18.2 Å². The van der Waals surface area contributed by atoms with Crippen LogP contribution in [0.4, 0.5) is 4.39 Å². The van der Waals surface area contributed by atoms with Crippen molar-refractivity contribution in [2.45, 2.75) is 18.8 Å². The highest BCUT2D eigenvalue weighted by atomic mass is 19.1. The molecule has 0 aliphatic rings. The number of halogens is 1. The molecule has 0 amide bonds. The molecule has 2 aromatic rings. The second-order valence-corrected chi connectivity index (χ2v) is 5.49. The van der Waals surface area contributed by atoms with E-state index in [0.29, 0.717) is 6.42 Å². The molecular formula is C20H17FN2. The molecule has 0 aliphatic carbocycles. The van der Waals surface area contributed by atoms with Crippen LogP contribution in [0.5, 0.6) is 0 Å². The van der Waals surface area contributed by atoms with Crippen molar-refractivity contribution < 1.29 is 4.39 Å². The van der Waals surface area contributed by atoms with E-state index in [1.807, 2.05) is 30.3 Å². The minimum absolute atomic E-state index is 0.244. The van der Waals surface area contributed by atoms with Crippen LogP contribution in [-0.4, -0.2) is 0 Å². The summed E-state index contributed by atoms with van der Waals surface area (Å²) in [5.74, 6) is -0.625. The van der Waals surface area contributed by atoms with Crippen molar-refractivity contribution in [3.8, 4) is 12.1 Å². The van der Waals surface area contributed by atoms with Gasteiger partial charge in [0.25, 0.3) is 0 Å². The van der Waals surface area contributed by atoms with Gasteiger partial charge in [0, 0.05) is 12.3 Å². The van der Waals surface area contributed by atoms with Gasteiger partial charge < -0.3 is 0 Å². The molecule has 0 saturated carbocycles. The average molecular weight is 304 g/mol. The first-order valence-corrected chi connectivity index (χ1v) is 7.38. The minimum Gasteiger partial charge on any atom is -0.207 e. The smallest absolute Gasteiger partial charge is 0.154 e. The fraction of sp³-hybridized carbons (Fsp3) is 0.200. The predicted octanol–water partition coefficient (Wildman–Crippen LogP) is 4.76. The summed E-state index contributed by atoms with van der Waals surface area (Å²) in [6, 6.07) is 19.9. The number of benzene rings is 2. The average Bonchev–Trinajstić information content (AvgIpc) is 2.60. The van der Waals surface area contributed by atoms with Crippen LogP contribution in [-0.2, 0) is 6.42 Å². The number of nitriles is 2. The van der Waals surface area contributed by atoms with Crippen molar-refractivity contribution >= 4 is 0 Å². The van der Waals surface area contributed by atoms with E-state index in [2.05, 4.69) is 18.7 Å². The molecule has 0 fully saturated rings. The third kappa shape index (κ3) is 3.65. The van der Waals surface area contributed by atoms with E-state index in [-0.39, 0.29) is 18.2 Å². The molecule has 23 heavy (non-hydrogen) atoms. The van der Waals surface area contributed by atoms with Gasteiger partial charge in [-0.15, -0.1) is 6.58 Å². The highest BCUT2D eigenvalue weighted by molar-refractivity contribution is 5.34. The van der Waals surface area contributed by atoms with Crippen LogP contribution in [0.3, 0.4) is 0 Å². The Bertz CT molecular complexity index is 722. The number of rotatable bonds is 6. The lowest BCUT2D eigenvalue weighted by atomic mass is 9.69. The number of hydrogen-bond acceptors (Lipinski definition) is 2. The van der Waals surface area contributed by atoms with E-state index in [0.717, 1.165) is 11.1 Å². The van der Waals surface area contributed by atoms with Crippen molar-refractivity contribution in [2.24, 2.45) is 5.41 Å². The van der Waals surface area contributed by atoms with Gasteiger partial charge in [-0.3, -0.25) is 0 Å². The molecule has 0 aliphatic heterocycles. The quantitative estimate of drug-likeness (QED) is 0.722. The van der Waals surface area contributed by atoms with Crippen LogP contribution >= 0.6 is 0 Å². The Balaban J connectivity index is 2.44. The van der Waals surface area contributed by atoms with Crippen LogP contribution in [0.2, 0.25) is 0 Å². The Hall–Kier alpha value is -2.91. The third-order valence-electron chi connectivity index (χ3n) is 3.99. The fourth-order valence-electron chi connectivity index (χ4n) is 2.78. The van der Waals surface area contributed by atoms with Crippen LogP contribution < -0.4 is 0 Å². The molecule has 0 N–H and O–H groups in total. The van der Waals surface area contributed by atoms with Gasteiger partial charge in [-0.1, -0.05) is 48.5 Å². The maximum Gasteiger partial charge on any atom is 0.154 e. The molecule has 0 saturated heterocycles. The zero-order chi connectivity index (χ0) is 16.7. The van der Waals surface area contributed by atoms with Gasteiger partial charge in [0.05, 0.1) is 12.1 Å². The Morgan fingerprint density at radius 3 is 2.17 bits per heavy atom. The lowest BCUT2D eigenvalue weighted by Crippen LogP contribution is -2.28. The zero-order valence-corrected chi connectivity index (χ0v) is 12.7. The SMILES string of the molecule is C=CCC(c1ccccc1)C(C#N)(C#N)Cc1ccc(F)cc1. The third-order valence-corrected chi connectivity index (χ3v) is 3.99. The van der Waals surface area contributed by atoms with Gasteiger partial charge in [0.15, 0.2) is 5.41 Å². The second-order valence-electron chi connectivity index (χ2n) is 5.49. The molecule has 3 heteroatoms. The Labute approximate surface area is 136 Å². The molecule has 0 aromatic heterocycles.